The Balaban J connectivity index is 2.25. The van der Waals surface area contributed by atoms with E-state index < -0.39 is 17.6 Å². The molecule has 17 heavy (non-hydrogen) atoms. The summed E-state index contributed by atoms with van der Waals surface area (Å²) in [6.45, 7) is 0. The van der Waals surface area contributed by atoms with Gasteiger partial charge >= 0.3 is 6.18 Å². The van der Waals surface area contributed by atoms with Gasteiger partial charge in [-0.2, -0.15) is 13.2 Å². The Morgan fingerprint density at radius 3 is 2.35 bits per heavy atom. The first-order valence-corrected chi connectivity index (χ1v) is 5.82. The standard InChI is InChI=1S/C12H11ClF4/c13-9-3-1-7(5-9)8-2-4-10(11(14)6-8)12(15,16)17/h2,4,6-7,9H,1,3,5H2. The Kier molecular flexibility index (Phi) is 3.34. The fourth-order valence-corrected chi connectivity index (χ4v) is 2.59. The number of halogens is 5. The van der Waals surface area contributed by atoms with E-state index in [1.54, 1.807) is 0 Å². The molecule has 1 aliphatic carbocycles. The van der Waals surface area contributed by atoms with Crippen LogP contribution >= 0.6 is 11.6 Å². The average Bonchev–Trinajstić information content (AvgIpc) is 2.62. The van der Waals surface area contributed by atoms with Gasteiger partial charge in [-0.1, -0.05) is 6.07 Å². The van der Waals surface area contributed by atoms with E-state index in [2.05, 4.69) is 0 Å². The highest BCUT2D eigenvalue weighted by molar-refractivity contribution is 6.20. The average molecular weight is 267 g/mol. The third kappa shape index (κ3) is 2.73. The Morgan fingerprint density at radius 2 is 1.88 bits per heavy atom. The fourth-order valence-electron chi connectivity index (χ4n) is 2.24. The molecule has 0 nitrogen and oxygen atoms in total. The maximum absolute atomic E-state index is 13.3. The van der Waals surface area contributed by atoms with Gasteiger partial charge in [0.05, 0.1) is 5.56 Å². The summed E-state index contributed by atoms with van der Waals surface area (Å²) in [4.78, 5) is 0. The van der Waals surface area contributed by atoms with Gasteiger partial charge in [0.25, 0.3) is 0 Å². The topological polar surface area (TPSA) is 0 Å². The zero-order valence-electron chi connectivity index (χ0n) is 8.90. The summed E-state index contributed by atoms with van der Waals surface area (Å²) in [5.74, 6) is -1.12. The zero-order chi connectivity index (χ0) is 12.6. The molecule has 94 valence electrons. The van der Waals surface area contributed by atoms with Crippen LogP contribution in [0.15, 0.2) is 18.2 Å². The molecular formula is C12H11ClF4. The summed E-state index contributed by atoms with van der Waals surface area (Å²) in [6, 6.07) is 3.15. The summed E-state index contributed by atoms with van der Waals surface area (Å²) in [5, 5.41) is 0.0466. The van der Waals surface area contributed by atoms with Gasteiger partial charge in [-0.05, 0) is 42.9 Å². The van der Waals surface area contributed by atoms with Crippen LogP contribution < -0.4 is 0 Å². The summed E-state index contributed by atoms with van der Waals surface area (Å²) in [7, 11) is 0. The van der Waals surface area contributed by atoms with Gasteiger partial charge in [-0.15, -0.1) is 11.6 Å². The van der Waals surface area contributed by atoms with Crippen molar-refractivity contribution < 1.29 is 17.6 Å². The Morgan fingerprint density at radius 1 is 1.18 bits per heavy atom. The summed E-state index contributed by atoms with van der Waals surface area (Å²) < 4.78 is 50.4. The van der Waals surface area contributed by atoms with E-state index in [-0.39, 0.29) is 11.3 Å². The number of hydrogen-bond donors (Lipinski definition) is 0. The van der Waals surface area contributed by atoms with Gasteiger partial charge in [-0.25, -0.2) is 4.39 Å². The van der Waals surface area contributed by atoms with Crippen molar-refractivity contribution in [3.05, 3.63) is 35.1 Å². The first-order valence-electron chi connectivity index (χ1n) is 5.38. The van der Waals surface area contributed by atoms with E-state index in [4.69, 9.17) is 11.6 Å². The van der Waals surface area contributed by atoms with Crippen LogP contribution in [0.4, 0.5) is 17.6 Å². The molecule has 1 fully saturated rings. The second-order valence-corrected chi connectivity index (χ2v) is 4.96. The third-order valence-electron chi connectivity index (χ3n) is 3.14. The summed E-state index contributed by atoms with van der Waals surface area (Å²) in [6.07, 6.45) is -2.30. The molecule has 0 bridgehead atoms. The van der Waals surface area contributed by atoms with Crippen LogP contribution in [0.1, 0.15) is 36.3 Å². The van der Waals surface area contributed by atoms with Crippen molar-refractivity contribution in [2.75, 3.05) is 0 Å². The molecule has 0 saturated heterocycles. The Labute approximate surface area is 102 Å². The SMILES string of the molecule is Fc1cc(C2CCC(Cl)C2)ccc1C(F)(F)F. The van der Waals surface area contributed by atoms with Gasteiger partial charge in [-0.3, -0.25) is 0 Å². The van der Waals surface area contributed by atoms with Gasteiger partial charge in [0, 0.05) is 5.38 Å². The number of benzene rings is 1. The maximum atomic E-state index is 13.3. The Hall–Kier alpha value is -0.770. The van der Waals surface area contributed by atoms with E-state index >= 15 is 0 Å². The zero-order valence-corrected chi connectivity index (χ0v) is 9.65. The summed E-state index contributed by atoms with van der Waals surface area (Å²) in [5.41, 5.74) is -0.597. The molecule has 0 N–H and O–H groups in total. The van der Waals surface area contributed by atoms with Crippen molar-refractivity contribution in [1.82, 2.24) is 0 Å². The largest absolute Gasteiger partial charge is 0.419 e. The smallest absolute Gasteiger partial charge is 0.206 e. The van der Waals surface area contributed by atoms with E-state index in [1.807, 2.05) is 0 Å². The molecule has 0 aliphatic heterocycles. The van der Waals surface area contributed by atoms with E-state index in [9.17, 15) is 17.6 Å². The highest BCUT2D eigenvalue weighted by Gasteiger charge is 2.34. The number of alkyl halides is 4. The molecule has 1 aromatic rings. The minimum atomic E-state index is -4.63. The van der Waals surface area contributed by atoms with Crippen LogP contribution in [0.2, 0.25) is 0 Å². The highest BCUT2D eigenvalue weighted by Crippen LogP contribution is 2.39. The van der Waals surface area contributed by atoms with Crippen LogP contribution in [0.3, 0.4) is 0 Å². The molecular weight excluding hydrogens is 256 g/mol. The van der Waals surface area contributed by atoms with Gasteiger partial charge in [0.1, 0.15) is 5.82 Å². The number of hydrogen-bond acceptors (Lipinski definition) is 0. The molecule has 0 spiro atoms. The van der Waals surface area contributed by atoms with E-state index in [0.717, 1.165) is 25.0 Å². The lowest BCUT2D eigenvalue weighted by Crippen LogP contribution is -2.09. The van der Waals surface area contributed by atoms with E-state index in [1.165, 1.54) is 6.07 Å². The van der Waals surface area contributed by atoms with Crippen LogP contribution in [-0.4, -0.2) is 5.38 Å². The second kappa shape index (κ2) is 4.48. The van der Waals surface area contributed by atoms with Crippen molar-refractivity contribution in [3.8, 4) is 0 Å². The monoisotopic (exact) mass is 266 g/mol. The first kappa shape index (κ1) is 12.7. The lowest BCUT2D eigenvalue weighted by Gasteiger charge is -2.13. The van der Waals surface area contributed by atoms with Crippen LogP contribution in [0.5, 0.6) is 0 Å². The molecule has 0 aromatic heterocycles. The van der Waals surface area contributed by atoms with Crippen LogP contribution in [-0.2, 0) is 6.18 Å². The molecule has 0 amide bonds. The third-order valence-corrected chi connectivity index (χ3v) is 3.53. The van der Waals surface area contributed by atoms with Gasteiger partial charge < -0.3 is 0 Å². The van der Waals surface area contributed by atoms with Crippen molar-refractivity contribution in [2.24, 2.45) is 0 Å². The van der Waals surface area contributed by atoms with Crippen molar-refractivity contribution in [1.29, 1.82) is 0 Å². The van der Waals surface area contributed by atoms with Crippen molar-refractivity contribution in [2.45, 2.75) is 36.7 Å². The van der Waals surface area contributed by atoms with Gasteiger partial charge in [0.15, 0.2) is 0 Å². The van der Waals surface area contributed by atoms with Crippen molar-refractivity contribution >= 4 is 11.6 Å². The second-order valence-electron chi connectivity index (χ2n) is 4.34. The summed E-state index contributed by atoms with van der Waals surface area (Å²) >= 11 is 5.93. The minimum absolute atomic E-state index is 0.0466. The van der Waals surface area contributed by atoms with Crippen LogP contribution in [0.25, 0.3) is 0 Å². The predicted octanol–water partition coefficient (Wildman–Crippen LogP) is 4.72. The number of rotatable bonds is 1. The molecule has 1 aromatic carbocycles. The maximum Gasteiger partial charge on any atom is 0.419 e. The van der Waals surface area contributed by atoms with Gasteiger partial charge in [0.2, 0.25) is 0 Å². The molecule has 1 saturated carbocycles. The molecule has 2 atom stereocenters. The molecule has 1 aliphatic rings. The molecule has 2 unspecified atom stereocenters. The lowest BCUT2D eigenvalue weighted by atomic mass is 9.96. The first-order chi connectivity index (χ1) is 7.88. The molecule has 5 heteroatoms. The Bertz CT molecular complexity index is 413. The fraction of sp³-hybridized carbons (Fsp3) is 0.500. The lowest BCUT2D eigenvalue weighted by molar-refractivity contribution is -0.140. The van der Waals surface area contributed by atoms with E-state index in [0.29, 0.717) is 12.0 Å². The highest BCUT2D eigenvalue weighted by atomic mass is 35.5. The molecule has 0 heterocycles. The predicted molar refractivity (Wildman–Crippen MR) is 57.6 cm³/mol. The molecule has 0 radical (unpaired) electrons. The normalized spacial score (nSPS) is 25.2. The van der Waals surface area contributed by atoms with Crippen molar-refractivity contribution in [3.63, 3.8) is 0 Å². The van der Waals surface area contributed by atoms with Crippen LogP contribution in [0, 0.1) is 5.82 Å². The quantitative estimate of drug-likeness (QED) is 0.510. The molecule has 2 rings (SSSR count). The minimum Gasteiger partial charge on any atom is -0.206 e.